The number of carbonyl (C=O) groups excluding carboxylic acids is 2. The average molecular weight is 519 g/mol. The van der Waals surface area contributed by atoms with Crippen LogP contribution in [0.1, 0.15) is 97.8 Å². The summed E-state index contributed by atoms with van der Waals surface area (Å²) in [6.07, 6.45) is 12.7. The minimum absolute atomic E-state index is 0.000700. The predicted molar refractivity (Wildman–Crippen MR) is 141 cm³/mol. The smallest absolute Gasteiger partial charge is 0.308 e. The quantitative estimate of drug-likeness (QED) is 0.0991. The van der Waals surface area contributed by atoms with E-state index in [9.17, 15) is 9.59 Å². The standard InChI is InChI=1S/C28H54O8/c1-4-7-9-10-11-12-13-15-27(29)35-24-22-33-20-18-31-16-17-32-19-21-34-23-25-36-28(30)26(6-3)14-8-5-2/h26H,4-25H2,1-3H3. The highest BCUT2D eigenvalue weighted by Crippen LogP contribution is 2.14. The summed E-state index contributed by atoms with van der Waals surface area (Å²) in [7, 11) is 0. The van der Waals surface area contributed by atoms with Crippen LogP contribution in [0.3, 0.4) is 0 Å². The molecule has 0 aliphatic carbocycles. The molecule has 0 aromatic carbocycles. The first-order valence-corrected chi connectivity index (χ1v) is 14.3. The van der Waals surface area contributed by atoms with Crippen LogP contribution < -0.4 is 0 Å². The molecule has 0 aromatic heterocycles. The molecule has 1 unspecified atom stereocenters. The van der Waals surface area contributed by atoms with E-state index in [1.54, 1.807) is 0 Å². The monoisotopic (exact) mass is 518 g/mol. The first-order valence-electron chi connectivity index (χ1n) is 14.3. The second-order valence-electron chi connectivity index (χ2n) is 8.96. The van der Waals surface area contributed by atoms with Gasteiger partial charge in [0.1, 0.15) is 13.2 Å². The Morgan fingerprint density at radius 1 is 0.528 bits per heavy atom. The van der Waals surface area contributed by atoms with Gasteiger partial charge >= 0.3 is 11.9 Å². The van der Waals surface area contributed by atoms with Crippen LogP contribution in [-0.4, -0.2) is 78.0 Å². The van der Waals surface area contributed by atoms with Crippen LogP contribution in [0.25, 0.3) is 0 Å². The van der Waals surface area contributed by atoms with E-state index in [0.29, 0.717) is 59.3 Å². The fourth-order valence-corrected chi connectivity index (χ4v) is 3.53. The molecule has 8 nitrogen and oxygen atoms in total. The Hall–Kier alpha value is -1.22. The molecule has 1 atom stereocenters. The molecule has 0 spiro atoms. The van der Waals surface area contributed by atoms with Gasteiger partial charge in [0, 0.05) is 6.42 Å². The van der Waals surface area contributed by atoms with Crippen molar-refractivity contribution in [2.45, 2.75) is 97.8 Å². The van der Waals surface area contributed by atoms with E-state index in [0.717, 1.165) is 38.5 Å². The maximum Gasteiger partial charge on any atom is 0.308 e. The first kappa shape index (κ1) is 34.8. The maximum atomic E-state index is 12.0. The zero-order valence-corrected chi connectivity index (χ0v) is 23.4. The Morgan fingerprint density at radius 3 is 1.47 bits per heavy atom. The number of ether oxygens (including phenoxy) is 6. The van der Waals surface area contributed by atoms with Gasteiger partial charge in [0.15, 0.2) is 0 Å². The third kappa shape index (κ3) is 24.5. The second-order valence-corrected chi connectivity index (χ2v) is 8.96. The molecule has 0 aromatic rings. The summed E-state index contributed by atoms with van der Waals surface area (Å²) >= 11 is 0. The summed E-state index contributed by atoms with van der Waals surface area (Å²) in [5.74, 6) is -0.259. The number of hydrogen-bond donors (Lipinski definition) is 0. The largest absolute Gasteiger partial charge is 0.463 e. The van der Waals surface area contributed by atoms with Crippen molar-refractivity contribution < 1.29 is 38.0 Å². The molecule has 0 heterocycles. The number of rotatable bonds is 28. The van der Waals surface area contributed by atoms with Crippen LogP contribution in [0.2, 0.25) is 0 Å². The first-order chi connectivity index (χ1) is 17.7. The van der Waals surface area contributed by atoms with E-state index < -0.39 is 0 Å². The van der Waals surface area contributed by atoms with Crippen molar-refractivity contribution in [3.05, 3.63) is 0 Å². The van der Waals surface area contributed by atoms with Crippen molar-refractivity contribution in [2.75, 3.05) is 66.1 Å². The highest BCUT2D eigenvalue weighted by atomic mass is 16.6. The van der Waals surface area contributed by atoms with Crippen LogP contribution in [0.5, 0.6) is 0 Å². The molecule has 0 aliphatic heterocycles. The topological polar surface area (TPSA) is 89.5 Å². The van der Waals surface area contributed by atoms with Crippen LogP contribution in [-0.2, 0) is 38.0 Å². The third-order valence-electron chi connectivity index (χ3n) is 5.80. The molecule has 0 fully saturated rings. The van der Waals surface area contributed by atoms with Crippen molar-refractivity contribution in [1.29, 1.82) is 0 Å². The van der Waals surface area contributed by atoms with Gasteiger partial charge in [0.05, 0.1) is 58.8 Å². The van der Waals surface area contributed by atoms with Gasteiger partial charge in [-0.3, -0.25) is 9.59 Å². The Bertz CT molecular complexity index is 486. The molecule has 8 heteroatoms. The Kier molecular flexibility index (Phi) is 27.4. The summed E-state index contributed by atoms with van der Waals surface area (Å²) in [6, 6.07) is 0. The fraction of sp³-hybridized carbons (Fsp3) is 0.929. The van der Waals surface area contributed by atoms with Gasteiger partial charge in [-0.05, 0) is 19.3 Å². The van der Waals surface area contributed by atoms with Crippen molar-refractivity contribution in [3.63, 3.8) is 0 Å². The number of carbonyl (C=O) groups is 2. The molecule has 214 valence electrons. The summed E-state index contributed by atoms with van der Waals surface area (Å²) < 4.78 is 32.2. The molecule has 0 bridgehead atoms. The van der Waals surface area contributed by atoms with Crippen LogP contribution in [0.4, 0.5) is 0 Å². The lowest BCUT2D eigenvalue weighted by Crippen LogP contribution is -2.20. The Balaban J connectivity index is 3.28. The summed E-state index contributed by atoms with van der Waals surface area (Å²) in [4.78, 5) is 23.6. The highest BCUT2D eigenvalue weighted by Gasteiger charge is 2.16. The van der Waals surface area contributed by atoms with Gasteiger partial charge in [-0.1, -0.05) is 72.1 Å². The number of hydrogen-bond acceptors (Lipinski definition) is 8. The maximum absolute atomic E-state index is 12.0. The van der Waals surface area contributed by atoms with Gasteiger partial charge in [-0.2, -0.15) is 0 Å². The van der Waals surface area contributed by atoms with Gasteiger partial charge in [-0.25, -0.2) is 0 Å². The van der Waals surface area contributed by atoms with Crippen molar-refractivity contribution in [3.8, 4) is 0 Å². The van der Waals surface area contributed by atoms with E-state index in [-0.39, 0.29) is 31.1 Å². The van der Waals surface area contributed by atoms with E-state index >= 15 is 0 Å². The van der Waals surface area contributed by atoms with Crippen LogP contribution >= 0.6 is 0 Å². The van der Waals surface area contributed by atoms with Gasteiger partial charge < -0.3 is 28.4 Å². The third-order valence-corrected chi connectivity index (χ3v) is 5.80. The molecule has 0 saturated heterocycles. The molecule has 0 amide bonds. The lowest BCUT2D eigenvalue weighted by Gasteiger charge is -2.13. The SMILES string of the molecule is CCCCCCCCCC(=O)OCCOCCOCCOCCOCCOC(=O)C(CC)CCCC. The van der Waals surface area contributed by atoms with Gasteiger partial charge in [0.2, 0.25) is 0 Å². The molecule has 0 saturated carbocycles. The normalized spacial score (nSPS) is 12.0. The second kappa shape index (κ2) is 28.4. The van der Waals surface area contributed by atoms with Gasteiger partial charge in [-0.15, -0.1) is 0 Å². The highest BCUT2D eigenvalue weighted by molar-refractivity contribution is 5.72. The van der Waals surface area contributed by atoms with E-state index in [2.05, 4.69) is 13.8 Å². The van der Waals surface area contributed by atoms with Crippen LogP contribution in [0.15, 0.2) is 0 Å². The van der Waals surface area contributed by atoms with Crippen molar-refractivity contribution in [1.82, 2.24) is 0 Å². The number of unbranched alkanes of at least 4 members (excludes halogenated alkanes) is 7. The molecule has 0 aliphatic rings. The molecule has 36 heavy (non-hydrogen) atoms. The van der Waals surface area contributed by atoms with E-state index in [1.165, 1.54) is 32.1 Å². The van der Waals surface area contributed by atoms with E-state index in [1.807, 2.05) is 6.92 Å². The summed E-state index contributed by atoms with van der Waals surface area (Å²) in [6.45, 7) is 10.5. The van der Waals surface area contributed by atoms with Crippen molar-refractivity contribution in [2.24, 2.45) is 5.92 Å². The predicted octanol–water partition coefficient (Wildman–Crippen LogP) is 5.50. The Morgan fingerprint density at radius 2 is 0.972 bits per heavy atom. The molecule has 0 rings (SSSR count). The van der Waals surface area contributed by atoms with Crippen LogP contribution in [0, 0.1) is 5.92 Å². The van der Waals surface area contributed by atoms with Gasteiger partial charge in [0.25, 0.3) is 0 Å². The lowest BCUT2D eigenvalue weighted by molar-refractivity contribution is -0.150. The fourth-order valence-electron chi connectivity index (χ4n) is 3.53. The lowest BCUT2D eigenvalue weighted by atomic mass is 10.00. The molecular formula is C28H54O8. The van der Waals surface area contributed by atoms with E-state index in [4.69, 9.17) is 28.4 Å². The molecule has 0 radical (unpaired) electrons. The summed E-state index contributed by atoms with van der Waals surface area (Å²) in [5, 5.41) is 0. The minimum Gasteiger partial charge on any atom is -0.463 e. The number of esters is 2. The average Bonchev–Trinajstić information content (AvgIpc) is 2.88. The zero-order valence-electron chi connectivity index (χ0n) is 23.4. The minimum atomic E-state index is -0.141. The molecular weight excluding hydrogens is 464 g/mol. The molecule has 0 N–H and O–H groups in total. The van der Waals surface area contributed by atoms with Crippen molar-refractivity contribution >= 4 is 11.9 Å². The summed E-state index contributed by atoms with van der Waals surface area (Å²) in [5.41, 5.74) is 0. The zero-order chi connectivity index (χ0) is 26.5. The Labute approximate surface area is 220 Å².